The molecule has 2 N–H and O–H groups in total. The summed E-state index contributed by atoms with van der Waals surface area (Å²) in [7, 11) is -1.98. The molecule has 0 bridgehead atoms. The summed E-state index contributed by atoms with van der Waals surface area (Å²) in [6.45, 7) is 9.46. The second-order valence-electron chi connectivity index (χ2n) is 8.15. The highest BCUT2D eigenvalue weighted by atomic mass is 28.3. The minimum absolute atomic E-state index is 0.0653. The van der Waals surface area contributed by atoms with Crippen LogP contribution in [0, 0.1) is 6.92 Å². The van der Waals surface area contributed by atoms with Crippen molar-refractivity contribution in [1.29, 1.82) is 0 Å². The average molecular weight is 381 g/mol. The van der Waals surface area contributed by atoms with Gasteiger partial charge in [0.2, 0.25) is 0 Å². The Balaban J connectivity index is 2.03. The molecule has 0 amide bonds. The molecule has 1 saturated heterocycles. The Morgan fingerprint density at radius 3 is 2.31 bits per heavy atom. The van der Waals surface area contributed by atoms with Gasteiger partial charge in [0, 0.05) is 12.8 Å². The molecule has 0 aromatic heterocycles. The Bertz CT molecular complexity index is 593. The van der Waals surface area contributed by atoms with E-state index in [0.717, 1.165) is 0 Å². The van der Waals surface area contributed by atoms with Gasteiger partial charge in [0.15, 0.2) is 5.79 Å². The molecule has 146 valence electrons. The zero-order valence-corrected chi connectivity index (χ0v) is 17.3. The maximum atomic E-state index is 11.4. The SMILES string of the molecule is Cc1ccc([Si](C)(C)[C@@H](CC[C@@H](O)CC2(C)OCCO2)CC(=O)O)cc1. The first-order valence-corrected chi connectivity index (χ1v) is 12.4. The summed E-state index contributed by atoms with van der Waals surface area (Å²) in [5, 5.41) is 21.1. The van der Waals surface area contributed by atoms with Gasteiger partial charge in [0.1, 0.15) is 0 Å². The number of carboxylic acids is 1. The topological polar surface area (TPSA) is 76.0 Å². The maximum Gasteiger partial charge on any atom is 0.303 e. The van der Waals surface area contributed by atoms with Crippen molar-refractivity contribution in [3.63, 3.8) is 0 Å². The molecule has 1 fully saturated rings. The van der Waals surface area contributed by atoms with E-state index in [9.17, 15) is 15.0 Å². The number of rotatable bonds is 9. The highest BCUT2D eigenvalue weighted by molar-refractivity contribution is 6.91. The third kappa shape index (κ3) is 5.64. The molecule has 1 aliphatic heterocycles. The van der Waals surface area contributed by atoms with Gasteiger partial charge in [-0.15, -0.1) is 0 Å². The van der Waals surface area contributed by atoms with E-state index in [1.54, 1.807) is 0 Å². The van der Waals surface area contributed by atoms with Crippen molar-refractivity contribution in [2.75, 3.05) is 13.2 Å². The second-order valence-corrected chi connectivity index (χ2v) is 13.0. The molecular formula is C20H32O5Si. The molecule has 0 aliphatic carbocycles. The van der Waals surface area contributed by atoms with Crippen LogP contribution in [0.2, 0.25) is 18.6 Å². The van der Waals surface area contributed by atoms with Gasteiger partial charge in [-0.1, -0.05) is 48.1 Å². The molecule has 0 saturated carbocycles. The van der Waals surface area contributed by atoms with Crippen LogP contribution < -0.4 is 5.19 Å². The van der Waals surface area contributed by atoms with Crippen LogP contribution in [0.4, 0.5) is 0 Å². The van der Waals surface area contributed by atoms with Crippen LogP contribution in [-0.2, 0) is 14.3 Å². The minimum atomic E-state index is -1.98. The lowest BCUT2D eigenvalue weighted by atomic mass is 10.0. The number of aliphatic hydroxyl groups is 1. The third-order valence-corrected chi connectivity index (χ3v) is 9.95. The molecular weight excluding hydrogens is 348 g/mol. The predicted molar refractivity (Wildman–Crippen MR) is 104 cm³/mol. The zero-order valence-electron chi connectivity index (χ0n) is 16.3. The molecule has 1 aromatic rings. The molecule has 6 heteroatoms. The fourth-order valence-corrected chi connectivity index (χ4v) is 6.82. The van der Waals surface area contributed by atoms with E-state index in [-0.39, 0.29) is 12.0 Å². The van der Waals surface area contributed by atoms with E-state index in [0.29, 0.717) is 32.5 Å². The van der Waals surface area contributed by atoms with Gasteiger partial charge < -0.3 is 19.7 Å². The molecule has 0 spiro atoms. The number of aryl methyl sites for hydroxylation is 1. The number of aliphatic carboxylic acids is 1. The molecule has 1 aliphatic rings. The number of carbonyl (C=O) groups is 1. The highest BCUT2D eigenvalue weighted by Crippen LogP contribution is 2.33. The van der Waals surface area contributed by atoms with Gasteiger partial charge in [-0.25, -0.2) is 0 Å². The van der Waals surface area contributed by atoms with Crippen molar-refractivity contribution >= 4 is 19.2 Å². The van der Waals surface area contributed by atoms with Crippen LogP contribution in [-0.4, -0.2) is 49.4 Å². The summed E-state index contributed by atoms with van der Waals surface area (Å²) in [5.74, 6) is -1.49. The number of ether oxygens (including phenoxy) is 2. The van der Waals surface area contributed by atoms with Crippen molar-refractivity contribution in [3.8, 4) is 0 Å². The van der Waals surface area contributed by atoms with E-state index in [2.05, 4.69) is 44.3 Å². The molecule has 0 unspecified atom stereocenters. The van der Waals surface area contributed by atoms with Gasteiger partial charge in [-0.2, -0.15) is 0 Å². The number of hydrogen-bond donors (Lipinski definition) is 2. The smallest absolute Gasteiger partial charge is 0.303 e. The first-order valence-electron chi connectivity index (χ1n) is 9.37. The van der Waals surface area contributed by atoms with Gasteiger partial charge >= 0.3 is 5.97 Å². The lowest BCUT2D eigenvalue weighted by Gasteiger charge is -2.33. The number of hydrogen-bond acceptors (Lipinski definition) is 4. The monoisotopic (exact) mass is 380 g/mol. The van der Waals surface area contributed by atoms with Crippen molar-refractivity contribution in [3.05, 3.63) is 29.8 Å². The van der Waals surface area contributed by atoms with Gasteiger partial charge in [-0.05, 0) is 32.2 Å². The first-order chi connectivity index (χ1) is 12.1. The standard InChI is InChI=1S/C20H32O5Si/c1-15-5-8-17(9-6-15)26(3,4)18(13-19(22)23)10-7-16(21)14-20(2)24-11-12-25-20/h5-6,8-9,16,18,21H,7,10-14H2,1-4H3,(H,22,23)/t16-,18+/m1/s1. The normalized spacial score (nSPS) is 19.3. The van der Waals surface area contributed by atoms with Gasteiger partial charge in [-0.3, -0.25) is 4.79 Å². The van der Waals surface area contributed by atoms with Crippen molar-refractivity contribution in [2.45, 2.75) is 70.1 Å². The quantitative estimate of drug-likeness (QED) is 0.644. The minimum Gasteiger partial charge on any atom is -0.481 e. The van der Waals surface area contributed by atoms with Gasteiger partial charge in [0.25, 0.3) is 0 Å². The summed E-state index contributed by atoms with van der Waals surface area (Å²) in [6, 6.07) is 8.45. The Hall–Kier alpha value is -1.21. The lowest BCUT2D eigenvalue weighted by Crippen LogP contribution is -2.47. The Morgan fingerprint density at radius 2 is 1.77 bits per heavy atom. The van der Waals surface area contributed by atoms with Crippen LogP contribution in [0.25, 0.3) is 0 Å². The molecule has 2 rings (SSSR count). The van der Waals surface area contributed by atoms with E-state index in [1.165, 1.54) is 10.8 Å². The average Bonchev–Trinajstić information content (AvgIpc) is 2.97. The molecule has 1 heterocycles. The highest BCUT2D eigenvalue weighted by Gasteiger charge is 2.37. The number of carboxylic acid groups (broad SMARTS) is 1. The van der Waals surface area contributed by atoms with E-state index in [4.69, 9.17) is 9.47 Å². The van der Waals surface area contributed by atoms with Crippen LogP contribution >= 0.6 is 0 Å². The maximum absolute atomic E-state index is 11.4. The summed E-state index contributed by atoms with van der Waals surface area (Å²) in [5.41, 5.74) is 1.27. The van der Waals surface area contributed by atoms with Gasteiger partial charge in [0.05, 0.1) is 27.4 Å². The third-order valence-electron chi connectivity index (χ3n) is 5.59. The Labute approximate surface area is 157 Å². The fourth-order valence-electron chi connectivity index (χ4n) is 3.75. The number of benzene rings is 1. The fraction of sp³-hybridized carbons (Fsp3) is 0.650. The van der Waals surface area contributed by atoms with E-state index < -0.39 is 25.9 Å². The molecule has 1 aromatic carbocycles. The van der Waals surface area contributed by atoms with Crippen LogP contribution in [0.5, 0.6) is 0 Å². The van der Waals surface area contributed by atoms with E-state index >= 15 is 0 Å². The summed E-state index contributed by atoms with van der Waals surface area (Å²) in [4.78, 5) is 11.4. The first kappa shape index (κ1) is 21.1. The summed E-state index contributed by atoms with van der Waals surface area (Å²) in [6.07, 6.45) is 1.25. The largest absolute Gasteiger partial charge is 0.481 e. The molecule has 5 nitrogen and oxygen atoms in total. The summed E-state index contributed by atoms with van der Waals surface area (Å²) < 4.78 is 11.1. The van der Waals surface area contributed by atoms with Crippen LogP contribution in [0.3, 0.4) is 0 Å². The van der Waals surface area contributed by atoms with Crippen LogP contribution in [0.1, 0.15) is 38.2 Å². The van der Waals surface area contributed by atoms with Crippen molar-refractivity contribution < 1.29 is 24.5 Å². The predicted octanol–water partition coefficient (Wildman–Crippen LogP) is 3.05. The zero-order chi connectivity index (χ0) is 19.4. The Morgan fingerprint density at radius 1 is 1.19 bits per heavy atom. The molecule has 26 heavy (non-hydrogen) atoms. The molecule has 0 radical (unpaired) electrons. The lowest BCUT2D eigenvalue weighted by molar-refractivity contribution is -0.163. The molecule has 2 atom stereocenters. The van der Waals surface area contributed by atoms with E-state index in [1.807, 2.05) is 6.92 Å². The second kappa shape index (κ2) is 8.65. The Kier molecular flexibility index (Phi) is 7.02. The van der Waals surface area contributed by atoms with Crippen LogP contribution in [0.15, 0.2) is 24.3 Å². The van der Waals surface area contributed by atoms with Crippen molar-refractivity contribution in [2.24, 2.45) is 0 Å². The number of aliphatic hydroxyl groups excluding tert-OH is 1. The summed E-state index contributed by atoms with van der Waals surface area (Å²) >= 11 is 0. The van der Waals surface area contributed by atoms with Crippen molar-refractivity contribution in [1.82, 2.24) is 0 Å².